The first kappa shape index (κ1) is 24.1. The Hall–Kier alpha value is -1.22. The Morgan fingerprint density at radius 2 is 1.90 bits per heavy atom. The van der Waals surface area contributed by atoms with Gasteiger partial charge in [-0.1, -0.05) is 12.1 Å². The topological polar surface area (TPSA) is 52.1 Å². The Balaban J connectivity index is 0.00000300. The van der Waals surface area contributed by atoms with Gasteiger partial charge in [0.1, 0.15) is 5.75 Å². The molecule has 2 saturated heterocycles. The maximum absolute atomic E-state index is 5.53. The van der Waals surface area contributed by atoms with Crippen LogP contribution in [0.25, 0.3) is 0 Å². The molecule has 164 valence electrons. The molecule has 0 amide bonds. The molecule has 2 fully saturated rings. The molecular formula is C22H38IN5O. The predicted octanol–water partition coefficient (Wildman–Crippen LogP) is 3.18. The van der Waals surface area contributed by atoms with Crippen LogP contribution >= 0.6 is 24.0 Å². The normalized spacial score (nSPS) is 21.2. The van der Waals surface area contributed by atoms with Crippen molar-refractivity contribution in [1.29, 1.82) is 0 Å². The number of ether oxygens (including phenoxy) is 1. The summed E-state index contributed by atoms with van der Waals surface area (Å²) in [4.78, 5) is 9.44. The second kappa shape index (κ2) is 11.8. The molecule has 29 heavy (non-hydrogen) atoms. The van der Waals surface area contributed by atoms with Crippen molar-refractivity contribution in [3.63, 3.8) is 0 Å². The third-order valence-corrected chi connectivity index (χ3v) is 6.09. The summed E-state index contributed by atoms with van der Waals surface area (Å²) in [6, 6.07) is 9.47. The molecular weight excluding hydrogens is 477 g/mol. The number of hydrogen-bond donors (Lipinski definition) is 2. The van der Waals surface area contributed by atoms with Gasteiger partial charge in [-0.15, -0.1) is 24.0 Å². The molecule has 1 aromatic carbocycles. The molecule has 0 saturated carbocycles. The second-order valence-corrected chi connectivity index (χ2v) is 8.27. The Bertz CT molecular complexity index is 646. The second-order valence-electron chi connectivity index (χ2n) is 8.27. The largest absolute Gasteiger partial charge is 0.495 e. The van der Waals surface area contributed by atoms with Gasteiger partial charge in [-0.25, -0.2) is 0 Å². The van der Waals surface area contributed by atoms with E-state index in [1.165, 1.54) is 38.0 Å². The van der Waals surface area contributed by atoms with Crippen LogP contribution in [0.5, 0.6) is 5.75 Å². The average molecular weight is 515 g/mol. The van der Waals surface area contributed by atoms with Crippen LogP contribution in [0.15, 0.2) is 29.3 Å². The molecule has 0 spiro atoms. The van der Waals surface area contributed by atoms with E-state index in [2.05, 4.69) is 51.4 Å². The molecule has 2 aliphatic rings. The third-order valence-electron chi connectivity index (χ3n) is 6.09. The van der Waals surface area contributed by atoms with Gasteiger partial charge in [0.15, 0.2) is 5.96 Å². The highest BCUT2D eigenvalue weighted by molar-refractivity contribution is 14.0. The van der Waals surface area contributed by atoms with Gasteiger partial charge in [-0.2, -0.15) is 0 Å². The van der Waals surface area contributed by atoms with Gasteiger partial charge in [0, 0.05) is 51.9 Å². The summed E-state index contributed by atoms with van der Waals surface area (Å²) >= 11 is 0. The van der Waals surface area contributed by atoms with Gasteiger partial charge in [0.25, 0.3) is 0 Å². The molecule has 1 unspecified atom stereocenters. The van der Waals surface area contributed by atoms with Crippen LogP contribution in [-0.2, 0) is 0 Å². The van der Waals surface area contributed by atoms with Crippen LogP contribution in [0.4, 0.5) is 5.69 Å². The van der Waals surface area contributed by atoms with Gasteiger partial charge in [0.05, 0.1) is 12.8 Å². The lowest BCUT2D eigenvalue weighted by molar-refractivity contribution is 0.167. The van der Waals surface area contributed by atoms with E-state index in [4.69, 9.17) is 4.74 Å². The van der Waals surface area contributed by atoms with Crippen molar-refractivity contribution in [3.05, 3.63) is 24.3 Å². The fourth-order valence-corrected chi connectivity index (χ4v) is 4.30. The number of piperidine rings is 1. The zero-order chi connectivity index (χ0) is 19.9. The van der Waals surface area contributed by atoms with Crippen LogP contribution in [0.2, 0.25) is 0 Å². The summed E-state index contributed by atoms with van der Waals surface area (Å²) in [6.07, 6.45) is 3.56. The highest BCUT2D eigenvalue weighted by Crippen LogP contribution is 2.31. The van der Waals surface area contributed by atoms with Crippen LogP contribution < -0.4 is 20.3 Å². The first-order valence-corrected chi connectivity index (χ1v) is 10.7. The molecule has 1 aromatic rings. The fourth-order valence-electron chi connectivity index (χ4n) is 4.30. The Labute approximate surface area is 193 Å². The number of likely N-dealkylation sites (tertiary alicyclic amines) is 1. The number of aliphatic imine (C=N–C) groups is 1. The molecule has 1 atom stereocenters. The van der Waals surface area contributed by atoms with E-state index in [0.29, 0.717) is 18.0 Å². The lowest BCUT2D eigenvalue weighted by Gasteiger charge is -2.35. The monoisotopic (exact) mass is 515 g/mol. The zero-order valence-corrected chi connectivity index (χ0v) is 20.7. The average Bonchev–Trinajstić information content (AvgIpc) is 3.20. The van der Waals surface area contributed by atoms with E-state index < -0.39 is 0 Å². The first-order valence-electron chi connectivity index (χ1n) is 10.7. The molecule has 7 heteroatoms. The van der Waals surface area contributed by atoms with E-state index in [-0.39, 0.29) is 24.0 Å². The smallest absolute Gasteiger partial charge is 0.191 e. The lowest BCUT2D eigenvalue weighted by Crippen LogP contribution is -2.50. The highest BCUT2D eigenvalue weighted by atomic mass is 127. The molecule has 2 aliphatic heterocycles. The quantitative estimate of drug-likeness (QED) is 0.347. The van der Waals surface area contributed by atoms with Gasteiger partial charge in [-0.05, 0) is 51.2 Å². The van der Waals surface area contributed by atoms with Gasteiger partial charge in [-0.3, -0.25) is 4.99 Å². The molecule has 2 heterocycles. The van der Waals surface area contributed by atoms with E-state index in [0.717, 1.165) is 31.3 Å². The number of nitrogens with one attached hydrogen (secondary N) is 2. The predicted molar refractivity (Wildman–Crippen MR) is 133 cm³/mol. The number of para-hydroxylation sites is 2. The standard InChI is InChI=1S/C22H37N5O.HI/c1-17(2)26-13-10-19(11-14-26)25-22(23-3)24-15-18-9-12-27(16-18)20-7-5-6-8-21(20)28-4;/h5-8,17-19H,9-16H2,1-4H3,(H2,23,24,25);1H. The number of halogens is 1. The van der Waals surface area contributed by atoms with Crippen LogP contribution in [0.3, 0.4) is 0 Å². The minimum atomic E-state index is 0. The molecule has 3 rings (SSSR count). The Morgan fingerprint density at radius 1 is 1.17 bits per heavy atom. The molecule has 0 aromatic heterocycles. The van der Waals surface area contributed by atoms with Crippen molar-refractivity contribution in [2.45, 2.75) is 45.2 Å². The van der Waals surface area contributed by atoms with Crippen LogP contribution in [0, 0.1) is 5.92 Å². The van der Waals surface area contributed by atoms with Gasteiger partial charge >= 0.3 is 0 Å². The fraction of sp³-hybridized carbons (Fsp3) is 0.682. The third kappa shape index (κ3) is 6.64. The van der Waals surface area contributed by atoms with Crippen molar-refractivity contribution in [1.82, 2.24) is 15.5 Å². The summed E-state index contributed by atoms with van der Waals surface area (Å²) in [6.45, 7) is 9.99. The number of guanidine groups is 1. The highest BCUT2D eigenvalue weighted by Gasteiger charge is 2.25. The van der Waals surface area contributed by atoms with Crippen molar-refractivity contribution in [3.8, 4) is 5.75 Å². The minimum Gasteiger partial charge on any atom is -0.495 e. The van der Waals surface area contributed by atoms with E-state index in [1.807, 2.05) is 19.2 Å². The number of rotatable bonds is 6. The summed E-state index contributed by atoms with van der Waals surface area (Å²) in [5.74, 6) is 2.52. The summed E-state index contributed by atoms with van der Waals surface area (Å²) in [5, 5.41) is 7.19. The lowest BCUT2D eigenvalue weighted by atomic mass is 10.0. The Kier molecular flexibility index (Phi) is 9.82. The van der Waals surface area contributed by atoms with Crippen molar-refractivity contribution < 1.29 is 4.74 Å². The van der Waals surface area contributed by atoms with E-state index >= 15 is 0 Å². The molecule has 0 bridgehead atoms. The first-order chi connectivity index (χ1) is 13.6. The minimum absolute atomic E-state index is 0. The molecule has 0 radical (unpaired) electrons. The number of nitrogens with zero attached hydrogens (tertiary/aromatic N) is 3. The van der Waals surface area contributed by atoms with Crippen molar-refractivity contribution >= 4 is 35.6 Å². The number of hydrogen-bond acceptors (Lipinski definition) is 4. The van der Waals surface area contributed by atoms with Crippen molar-refractivity contribution in [2.24, 2.45) is 10.9 Å². The maximum atomic E-state index is 5.53. The summed E-state index contributed by atoms with van der Waals surface area (Å²) in [5.41, 5.74) is 1.20. The SMILES string of the molecule is CN=C(NCC1CCN(c2ccccc2OC)C1)NC1CCN(C(C)C)CC1.I. The van der Waals surface area contributed by atoms with Gasteiger partial charge < -0.3 is 25.2 Å². The van der Waals surface area contributed by atoms with Crippen LogP contribution in [0.1, 0.15) is 33.1 Å². The van der Waals surface area contributed by atoms with E-state index in [1.54, 1.807) is 7.11 Å². The van der Waals surface area contributed by atoms with Crippen LogP contribution in [-0.4, -0.2) is 69.8 Å². The Morgan fingerprint density at radius 3 is 2.55 bits per heavy atom. The molecule has 6 nitrogen and oxygen atoms in total. The maximum Gasteiger partial charge on any atom is 0.191 e. The molecule has 0 aliphatic carbocycles. The van der Waals surface area contributed by atoms with Gasteiger partial charge in [0.2, 0.25) is 0 Å². The van der Waals surface area contributed by atoms with E-state index in [9.17, 15) is 0 Å². The number of anilines is 1. The summed E-state index contributed by atoms with van der Waals surface area (Å²) < 4.78 is 5.53. The van der Waals surface area contributed by atoms with Crippen molar-refractivity contribution in [2.75, 3.05) is 51.8 Å². The summed E-state index contributed by atoms with van der Waals surface area (Å²) in [7, 11) is 3.61. The number of methoxy groups -OCH3 is 1. The zero-order valence-electron chi connectivity index (χ0n) is 18.4. The molecule has 2 N–H and O–H groups in total. The number of benzene rings is 1.